The Morgan fingerprint density at radius 2 is 1.50 bits per heavy atom. The van der Waals surface area contributed by atoms with Gasteiger partial charge in [0.05, 0.1) is 17.2 Å². The molecule has 0 spiro atoms. The number of nitrogen functional groups attached to an aromatic ring is 1. The Hall–Kier alpha value is -4.44. The highest BCUT2D eigenvalue weighted by atomic mass is 16.2. The summed E-state index contributed by atoms with van der Waals surface area (Å²) in [7, 11) is 0. The molecule has 1 heterocycles. The lowest BCUT2D eigenvalue weighted by atomic mass is 10.0. The van der Waals surface area contributed by atoms with E-state index in [1.165, 1.54) is 12.1 Å². The number of nitriles is 1. The minimum absolute atomic E-state index is 0.173. The number of hydrogen-bond donors (Lipinski definition) is 2. The summed E-state index contributed by atoms with van der Waals surface area (Å²) in [6, 6.07) is 20.8. The van der Waals surface area contributed by atoms with Gasteiger partial charge in [-0.1, -0.05) is 24.3 Å². The van der Waals surface area contributed by atoms with E-state index in [0.29, 0.717) is 16.9 Å². The number of imide groups is 1. The molecule has 0 aliphatic carbocycles. The summed E-state index contributed by atoms with van der Waals surface area (Å²) >= 11 is 0. The maximum absolute atomic E-state index is 12.6. The number of nitrogens with two attached hydrogens (primary N) is 1. The van der Waals surface area contributed by atoms with E-state index < -0.39 is 11.8 Å². The van der Waals surface area contributed by atoms with Crippen LogP contribution in [0.25, 0.3) is 11.1 Å². The maximum atomic E-state index is 12.6. The first-order valence-corrected chi connectivity index (χ1v) is 9.12. The molecule has 1 aliphatic heterocycles. The standard InChI is InChI=1S/C23H16N4O3/c24-11-12-27-22(29)19-10-9-18(13-20(19)23(27)30)26-21(28)16-3-1-14(2-4-16)15-5-7-17(25)8-6-15/h1-10,13H,12,25H2,(H,26,28). The molecule has 3 N–H and O–H groups in total. The molecule has 7 heteroatoms. The van der Waals surface area contributed by atoms with Crippen molar-refractivity contribution < 1.29 is 14.4 Å². The minimum atomic E-state index is -0.541. The van der Waals surface area contributed by atoms with Gasteiger partial charge in [0.1, 0.15) is 6.54 Å². The fraction of sp³-hybridized carbons (Fsp3) is 0.0435. The number of amides is 3. The zero-order chi connectivity index (χ0) is 21.3. The Labute approximate surface area is 172 Å². The van der Waals surface area contributed by atoms with Crippen LogP contribution in [-0.2, 0) is 0 Å². The van der Waals surface area contributed by atoms with Gasteiger partial charge in [0, 0.05) is 16.9 Å². The number of rotatable bonds is 4. The molecule has 4 rings (SSSR count). The molecule has 0 fully saturated rings. The molecule has 146 valence electrons. The summed E-state index contributed by atoms with van der Waals surface area (Å²) in [6.07, 6.45) is 0. The van der Waals surface area contributed by atoms with Crippen LogP contribution in [0.3, 0.4) is 0 Å². The highest BCUT2D eigenvalue weighted by Crippen LogP contribution is 2.26. The molecule has 0 saturated heterocycles. The highest BCUT2D eigenvalue weighted by Gasteiger charge is 2.35. The van der Waals surface area contributed by atoms with Crippen LogP contribution in [0.15, 0.2) is 66.7 Å². The van der Waals surface area contributed by atoms with Crippen molar-refractivity contribution in [2.75, 3.05) is 17.6 Å². The Kier molecular flexibility index (Phi) is 4.74. The van der Waals surface area contributed by atoms with Crippen molar-refractivity contribution in [2.24, 2.45) is 0 Å². The molecule has 0 radical (unpaired) electrons. The SMILES string of the molecule is N#CCN1C(=O)c2ccc(NC(=O)c3ccc(-c4ccc(N)cc4)cc3)cc2C1=O. The Balaban J connectivity index is 1.51. The van der Waals surface area contributed by atoms with E-state index in [-0.39, 0.29) is 23.6 Å². The molecule has 1 aliphatic rings. The number of hydrogen-bond acceptors (Lipinski definition) is 5. The number of fused-ring (bicyclic) bond motifs is 1. The van der Waals surface area contributed by atoms with Gasteiger partial charge in [-0.05, 0) is 53.6 Å². The second-order valence-corrected chi connectivity index (χ2v) is 6.77. The second kappa shape index (κ2) is 7.53. The highest BCUT2D eigenvalue weighted by molar-refractivity contribution is 6.22. The van der Waals surface area contributed by atoms with Crippen LogP contribution in [0.5, 0.6) is 0 Å². The van der Waals surface area contributed by atoms with E-state index in [4.69, 9.17) is 11.0 Å². The van der Waals surface area contributed by atoms with E-state index in [2.05, 4.69) is 5.32 Å². The van der Waals surface area contributed by atoms with Crippen molar-refractivity contribution in [1.29, 1.82) is 5.26 Å². The summed E-state index contributed by atoms with van der Waals surface area (Å²) in [5, 5.41) is 11.5. The molecular formula is C23H16N4O3. The lowest BCUT2D eigenvalue weighted by molar-refractivity contribution is 0.0673. The lowest BCUT2D eigenvalue weighted by Gasteiger charge is -2.08. The van der Waals surface area contributed by atoms with E-state index >= 15 is 0 Å². The van der Waals surface area contributed by atoms with Crippen molar-refractivity contribution in [3.63, 3.8) is 0 Å². The summed E-state index contributed by atoms with van der Waals surface area (Å²) < 4.78 is 0. The molecule has 3 aromatic carbocycles. The van der Waals surface area contributed by atoms with Crippen LogP contribution in [0, 0.1) is 11.3 Å². The number of anilines is 2. The third kappa shape index (κ3) is 3.38. The zero-order valence-electron chi connectivity index (χ0n) is 15.8. The molecular weight excluding hydrogens is 380 g/mol. The van der Waals surface area contributed by atoms with Gasteiger partial charge in [0.15, 0.2) is 0 Å². The van der Waals surface area contributed by atoms with Crippen LogP contribution in [0.2, 0.25) is 0 Å². The first-order valence-electron chi connectivity index (χ1n) is 9.12. The third-order valence-electron chi connectivity index (χ3n) is 4.85. The number of carbonyl (C=O) groups excluding carboxylic acids is 3. The van der Waals surface area contributed by atoms with Gasteiger partial charge in [0.2, 0.25) is 0 Å². The van der Waals surface area contributed by atoms with Gasteiger partial charge in [0.25, 0.3) is 17.7 Å². The smallest absolute Gasteiger partial charge is 0.262 e. The first-order chi connectivity index (χ1) is 14.5. The van der Waals surface area contributed by atoms with Gasteiger partial charge in [-0.15, -0.1) is 0 Å². The Bertz CT molecular complexity index is 1210. The maximum Gasteiger partial charge on any atom is 0.262 e. The van der Waals surface area contributed by atoms with E-state index in [9.17, 15) is 14.4 Å². The van der Waals surface area contributed by atoms with E-state index in [0.717, 1.165) is 16.0 Å². The topological polar surface area (TPSA) is 116 Å². The van der Waals surface area contributed by atoms with E-state index in [1.54, 1.807) is 24.3 Å². The van der Waals surface area contributed by atoms with Gasteiger partial charge in [-0.2, -0.15) is 5.26 Å². The number of nitrogens with one attached hydrogen (secondary N) is 1. The average molecular weight is 396 g/mol. The summed E-state index contributed by atoms with van der Waals surface area (Å²) in [4.78, 5) is 38.0. The molecule has 0 saturated carbocycles. The predicted molar refractivity (Wildman–Crippen MR) is 112 cm³/mol. The fourth-order valence-corrected chi connectivity index (χ4v) is 3.28. The zero-order valence-corrected chi connectivity index (χ0v) is 15.8. The molecule has 30 heavy (non-hydrogen) atoms. The molecule has 7 nitrogen and oxygen atoms in total. The molecule has 0 atom stereocenters. The van der Waals surface area contributed by atoms with Gasteiger partial charge in [-0.25, -0.2) is 0 Å². The van der Waals surface area contributed by atoms with Gasteiger partial charge < -0.3 is 11.1 Å². The van der Waals surface area contributed by atoms with Gasteiger partial charge in [-0.3, -0.25) is 19.3 Å². The van der Waals surface area contributed by atoms with Gasteiger partial charge >= 0.3 is 0 Å². The number of nitrogens with zero attached hydrogens (tertiary/aromatic N) is 2. The van der Waals surface area contributed by atoms with Crippen molar-refractivity contribution in [3.05, 3.63) is 83.4 Å². The van der Waals surface area contributed by atoms with Crippen LogP contribution < -0.4 is 11.1 Å². The van der Waals surface area contributed by atoms with Crippen LogP contribution in [0.4, 0.5) is 11.4 Å². The molecule has 0 bridgehead atoms. The quantitative estimate of drug-likeness (QED) is 0.399. The Morgan fingerprint density at radius 1 is 0.900 bits per heavy atom. The molecule has 0 aromatic heterocycles. The lowest BCUT2D eigenvalue weighted by Crippen LogP contribution is -2.29. The monoisotopic (exact) mass is 396 g/mol. The number of benzene rings is 3. The number of carbonyl (C=O) groups is 3. The summed E-state index contributed by atoms with van der Waals surface area (Å²) in [5.41, 5.74) is 9.56. The molecule has 3 aromatic rings. The molecule has 0 unspecified atom stereocenters. The first kappa shape index (κ1) is 18.9. The predicted octanol–water partition coefficient (Wildman–Crippen LogP) is 3.31. The average Bonchev–Trinajstić information content (AvgIpc) is 2.99. The van der Waals surface area contributed by atoms with Crippen molar-refractivity contribution in [1.82, 2.24) is 4.90 Å². The van der Waals surface area contributed by atoms with Crippen molar-refractivity contribution >= 4 is 29.1 Å². The van der Waals surface area contributed by atoms with E-state index in [1.807, 2.05) is 36.4 Å². The largest absolute Gasteiger partial charge is 0.399 e. The summed E-state index contributed by atoms with van der Waals surface area (Å²) in [6.45, 7) is -0.311. The summed E-state index contributed by atoms with van der Waals surface area (Å²) in [5.74, 6) is -1.39. The van der Waals surface area contributed by atoms with Crippen LogP contribution >= 0.6 is 0 Å². The van der Waals surface area contributed by atoms with Crippen molar-refractivity contribution in [2.45, 2.75) is 0 Å². The molecule has 3 amide bonds. The normalized spacial score (nSPS) is 12.4. The van der Waals surface area contributed by atoms with Crippen LogP contribution in [-0.4, -0.2) is 29.2 Å². The second-order valence-electron chi connectivity index (χ2n) is 6.77. The minimum Gasteiger partial charge on any atom is -0.399 e. The van der Waals surface area contributed by atoms with Crippen LogP contribution in [0.1, 0.15) is 31.1 Å². The Morgan fingerprint density at radius 3 is 2.13 bits per heavy atom. The third-order valence-corrected chi connectivity index (χ3v) is 4.85. The fourth-order valence-electron chi connectivity index (χ4n) is 3.28. The van der Waals surface area contributed by atoms with Crippen molar-refractivity contribution in [3.8, 4) is 17.2 Å².